The van der Waals surface area contributed by atoms with E-state index in [0.717, 1.165) is 31.2 Å². The van der Waals surface area contributed by atoms with Gasteiger partial charge in [0.2, 0.25) is 11.8 Å². The standard InChI is InChI=1S/C29H31N5O4/c1-37-22-13-9-10-20(18-22)28(29(36)30-21-11-3-4-12-21)34(25-16-7-8-17-26(25)38-2)27(35)19-33-24-15-6-5-14-23(24)31-32-33/h5-10,13-18,21,28H,3-4,11-12,19H2,1-2H3,(H,30,36). The van der Waals surface area contributed by atoms with Crippen molar-refractivity contribution in [1.82, 2.24) is 20.3 Å². The number of fused-ring (bicyclic) bond motifs is 1. The molecule has 1 unspecified atom stereocenters. The molecule has 2 amide bonds. The van der Waals surface area contributed by atoms with E-state index in [-0.39, 0.29) is 24.4 Å². The third-order valence-corrected chi connectivity index (χ3v) is 6.94. The van der Waals surface area contributed by atoms with Gasteiger partial charge in [-0.05, 0) is 54.8 Å². The van der Waals surface area contributed by atoms with Gasteiger partial charge in [-0.3, -0.25) is 14.5 Å². The molecule has 1 aliphatic rings. The molecule has 9 heteroatoms. The molecule has 0 bridgehead atoms. The normalized spacial score (nSPS) is 14.3. The predicted octanol–water partition coefficient (Wildman–Crippen LogP) is 4.28. The summed E-state index contributed by atoms with van der Waals surface area (Å²) in [5.41, 5.74) is 2.53. The number of carbonyl (C=O) groups is 2. The summed E-state index contributed by atoms with van der Waals surface area (Å²) < 4.78 is 12.7. The van der Waals surface area contributed by atoms with Crippen molar-refractivity contribution in [3.8, 4) is 11.5 Å². The Morgan fingerprint density at radius 3 is 2.55 bits per heavy atom. The molecule has 1 aliphatic carbocycles. The highest BCUT2D eigenvalue weighted by atomic mass is 16.5. The second-order valence-corrected chi connectivity index (χ2v) is 9.34. The molecule has 38 heavy (non-hydrogen) atoms. The molecule has 1 aromatic heterocycles. The first-order valence-corrected chi connectivity index (χ1v) is 12.8. The Hall–Kier alpha value is -4.40. The number of methoxy groups -OCH3 is 2. The first-order valence-electron chi connectivity index (χ1n) is 12.8. The van der Waals surface area contributed by atoms with Crippen molar-refractivity contribution in [2.45, 2.75) is 44.3 Å². The van der Waals surface area contributed by atoms with Crippen LogP contribution in [0.25, 0.3) is 11.0 Å². The number of hydrogen-bond donors (Lipinski definition) is 1. The topological polar surface area (TPSA) is 98.6 Å². The van der Waals surface area contributed by atoms with Gasteiger partial charge in [0.1, 0.15) is 29.6 Å². The average Bonchev–Trinajstić information content (AvgIpc) is 3.61. The van der Waals surface area contributed by atoms with Gasteiger partial charge in [-0.2, -0.15) is 0 Å². The fourth-order valence-electron chi connectivity index (χ4n) is 5.06. The van der Waals surface area contributed by atoms with Gasteiger partial charge in [0.25, 0.3) is 0 Å². The van der Waals surface area contributed by atoms with E-state index in [9.17, 15) is 9.59 Å². The largest absolute Gasteiger partial charge is 0.497 e. The minimum atomic E-state index is -0.968. The number of aromatic nitrogens is 3. The van der Waals surface area contributed by atoms with Crippen LogP contribution < -0.4 is 19.7 Å². The van der Waals surface area contributed by atoms with Crippen LogP contribution in [0, 0.1) is 0 Å². The number of carbonyl (C=O) groups excluding carboxylic acids is 2. The number of para-hydroxylation sites is 3. The average molecular weight is 514 g/mol. The zero-order valence-electron chi connectivity index (χ0n) is 21.5. The molecule has 9 nitrogen and oxygen atoms in total. The number of amides is 2. The van der Waals surface area contributed by atoms with Crippen LogP contribution in [0.15, 0.2) is 72.8 Å². The number of anilines is 1. The van der Waals surface area contributed by atoms with Gasteiger partial charge in [0, 0.05) is 6.04 Å². The van der Waals surface area contributed by atoms with E-state index in [1.807, 2.05) is 54.6 Å². The molecule has 0 aliphatic heterocycles. The van der Waals surface area contributed by atoms with Crippen LogP contribution in [-0.2, 0) is 16.1 Å². The van der Waals surface area contributed by atoms with Crippen molar-refractivity contribution < 1.29 is 19.1 Å². The van der Waals surface area contributed by atoms with E-state index in [4.69, 9.17) is 9.47 Å². The van der Waals surface area contributed by atoms with E-state index >= 15 is 0 Å². The molecule has 0 saturated heterocycles. The molecule has 0 radical (unpaired) electrons. The van der Waals surface area contributed by atoms with Crippen LogP contribution >= 0.6 is 0 Å². The highest BCUT2D eigenvalue weighted by Crippen LogP contribution is 2.36. The molecule has 1 heterocycles. The summed E-state index contributed by atoms with van der Waals surface area (Å²) in [5.74, 6) is 0.481. The molecular weight excluding hydrogens is 482 g/mol. The van der Waals surface area contributed by atoms with E-state index in [1.54, 1.807) is 37.1 Å². The van der Waals surface area contributed by atoms with Crippen LogP contribution in [0.2, 0.25) is 0 Å². The second kappa shape index (κ2) is 11.3. The summed E-state index contributed by atoms with van der Waals surface area (Å²) in [7, 11) is 3.12. The molecule has 1 fully saturated rings. The summed E-state index contributed by atoms with van der Waals surface area (Å²) >= 11 is 0. The van der Waals surface area contributed by atoms with Gasteiger partial charge in [-0.25, -0.2) is 4.68 Å². The Bertz CT molecular complexity index is 1430. The lowest BCUT2D eigenvalue weighted by atomic mass is 10.0. The quantitative estimate of drug-likeness (QED) is 0.359. The van der Waals surface area contributed by atoms with Crippen LogP contribution in [-0.4, -0.2) is 47.1 Å². The molecule has 1 atom stereocenters. The fraction of sp³-hybridized carbons (Fsp3) is 0.310. The van der Waals surface area contributed by atoms with Crippen LogP contribution in [0.3, 0.4) is 0 Å². The van der Waals surface area contributed by atoms with Crippen molar-refractivity contribution in [2.24, 2.45) is 0 Å². The van der Waals surface area contributed by atoms with Gasteiger partial charge >= 0.3 is 0 Å². The summed E-state index contributed by atoms with van der Waals surface area (Å²) in [6.07, 6.45) is 3.99. The Morgan fingerprint density at radius 2 is 1.76 bits per heavy atom. The smallest absolute Gasteiger partial charge is 0.249 e. The lowest BCUT2D eigenvalue weighted by molar-refractivity contribution is -0.127. The van der Waals surface area contributed by atoms with Gasteiger partial charge in [0.05, 0.1) is 25.4 Å². The van der Waals surface area contributed by atoms with Gasteiger partial charge < -0.3 is 14.8 Å². The Kier molecular flexibility index (Phi) is 7.53. The molecule has 196 valence electrons. The van der Waals surface area contributed by atoms with E-state index in [1.165, 1.54) is 4.90 Å². The third-order valence-electron chi connectivity index (χ3n) is 6.94. The van der Waals surface area contributed by atoms with E-state index < -0.39 is 6.04 Å². The van der Waals surface area contributed by atoms with Crippen LogP contribution in [0.1, 0.15) is 37.3 Å². The maximum Gasteiger partial charge on any atom is 0.249 e. The number of benzene rings is 3. The number of ether oxygens (including phenoxy) is 2. The Balaban J connectivity index is 1.61. The SMILES string of the molecule is COc1cccc(C(C(=O)NC2CCCC2)N(C(=O)Cn2nnc3ccccc32)c2ccccc2OC)c1. The van der Waals surface area contributed by atoms with Gasteiger partial charge in [0.15, 0.2) is 0 Å². The summed E-state index contributed by atoms with van der Waals surface area (Å²) in [4.78, 5) is 29.7. The van der Waals surface area contributed by atoms with Gasteiger partial charge in [-0.15, -0.1) is 5.10 Å². The maximum atomic E-state index is 14.2. The molecular formula is C29H31N5O4. The first-order chi connectivity index (χ1) is 18.6. The lowest BCUT2D eigenvalue weighted by Crippen LogP contribution is -2.47. The monoisotopic (exact) mass is 513 g/mol. The van der Waals surface area contributed by atoms with Crippen molar-refractivity contribution in [3.05, 3.63) is 78.4 Å². The zero-order chi connectivity index (χ0) is 26.5. The minimum absolute atomic E-state index is 0.0736. The Labute approximate surface area is 221 Å². The molecule has 1 saturated carbocycles. The van der Waals surface area contributed by atoms with Crippen LogP contribution in [0.4, 0.5) is 5.69 Å². The van der Waals surface area contributed by atoms with Gasteiger partial charge in [-0.1, -0.05) is 54.5 Å². The maximum absolute atomic E-state index is 14.2. The zero-order valence-corrected chi connectivity index (χ0v) is 21.5. The van der Waals surface area contributed by atoms with Crippen molar-refractivity contribution in [2.75, 3.05) is 19.1 Å². The third kappa shape index (κ3) is 5.18. The summed E-state index contributed by atoms with van der Waals surface area (Å²) in [6, 6.07) is 21.0. The molecule has 0 spiro atoms. The van der Waals surface area contributed by atoms with E-state index in [2.05, 4.69) is 15.6 Å². The summed E-state index contributed by atoms with van der Waals surface area (Å²) in [6.45, 7) is -0.115. The highest BCUT2D eigenvalue weighted by molar-refractivity contribution is 6.02. The van der Waals surface area contributed by atoms with Crippen molar-refractivity contribution in [3.63, 3.8) is 0 Å². The van der Waals surface area contributed by atoms with Crippen molar-refractivity contribution in [1.29, 1.82) is 0 Å². The number of nitrogens with one attached hydrogen (secondary N) is 1. The molecule has 5 rings (SSSR count). The van der Waals surface area contributed by atoms with Crippen LogP contribution in [0.5, 0.6) is 11.5 Å². The van der Waals surface area contributed by atoms with Crippen molar-refractivity contribution >= 4 is 28.5 Å². The minimum Gasteiger partial charge on any atom is -0.497 e. The number of rotatable bonds is 9. The molecule has 3 aromatic carbocycles. The molecule has 4 aromatic rings. The molecule has 1 N–H and O–H groups in total. The lowest BCUT2D eigenvalue weighted by Gasteiger charge is -2.33. The number of nitrogens with zero attached hydrogens (tertiary/aromatic N) is 4. The highest BCUT2D eigenvalue weighted by Gasteiger charge is 2.36. The summed E-state index contributed by atoms with van der Waals surface area (Å²) in [5, 5.41) is 11.6. The predicted molar refractivity (Wildman–Crippen MR) is 144 cm³/mol. The first kappa shape index (κ1) is 25.3. The number of hydrogen-bond acceptors (Lipinski definition) is 6. The van der Waals surface area contributed by atoms with E-state index in [0.29, 0.717) is 28.3 Å². The fourth-order valence-corrected chi connectivity index (χ4v) is 5.06. The second-order valence-electron chi connectivity index (χ2n) is 9.34. The Morgan fingerprint density at radius 1 is 1.00 bits per heavy atom.